The molecule has 120 valence electrons. The Labute approximate surface area is 147 Å². The SMILES string of the molecule is CCOC1(c2ccc(C)cc2)Sc2ccccc2-c2ccccc21. The van der Waals surface area contributed by atoms with Crippen molar-refractivity contribution in [2.24, 2.45) is 0 Å². The first-order valence-electron chi connectivity index (χ1n) is 8.33. The quantitative estimate of drug-likeness (QED) is 0.581. The highest BCUT2D eigenvalue weighted by atomic mass is 32.2. The van der Waals surface area contributed by atoms with Gasteiger partial charge in [-0.2, -0.15) is 0 Å². The van der Waals surface area contributed by atoms with E-state index >= 15 is 0 Å². The summed E-state index contributed by atoms with van der Waals surface area (Å²) >= 11 is 1.81. The maximum Gasteiger partial charge on any atom is 0.169 e. The molecule has 0 fully saturated rings. The van der Waals surface area contributed by atoms with Crippen LogP contribution in [0.5, 0.6) is 0 Å². The Morgan fingerprint density at radius 2 is 1.50 bits per heavy atom. The lowest BCUT2D eigenvalue weighted by molar-refractivity contribution is 0.0623. The summed E-state index contributed by atoms with van der Waals surface area (Å²) in [5.41, 5.74) is 6.25. The molecule has 1 atom stereocenters. The number of rotatable bonds is 3. The van der Waals surface area contributed by atoms with Crippen molar-refractivity contribution in [3.05, 3.63) is 89.5 Å². The summed E-state index contributed by atoms with van der Waals surface area (Å²) in [4.78, 5) is 0.776. The van der Waals surface area contributed by atoms with Gasteiger partial charge in [0.2, 0.25) is 0 Å². The first kappa shape index (κ1) is 15.5. The van der Waals surface area contributed by atoms with E-state index in [1.54, 1.807) is 0 Å². The van der Waals surface area contributed by atoms with Crippen molar-refractivity contribution in [1.82, 2.24) is 0 Å². The van der Waals surface area contributed by atoms with Crippen molar-refractivity contribution < 1.29 is 4.74 Å². The molecule has 1 unspecified atom stereocenters. The van der Waals surface area contributed by atoms with Crippen molar-refractivity contribution in [1.29, 1.82) is 0 Å². The Kier molecular flexibility index (Phi) is 3.95. The van der Waals surface area contributed by atoms with Gasteiger partial charge in [0.25, 0.3) is 0 Å². The van der Waals surface area contributed by atoms with E-state index in [9.17, 15) is 0 Å². The summed E-state index contributed by atoms with van der Waals surface area (Å²) in [5.74, 6) is 0. The van der Waals surface area contributed by atoms with Crippen molar-refractivity contribution in [2.45, 2.75) is 23.7 Å². The van der Waals surface area contributed by atoms with Gasteiger partial charge in [-0.3, -0.25) is 0 Å². The zero-order chi connectivity index (χ0) is 16.6. The fraction of sp³-hybridized carbons (Fsp3) is 0.182. The molecule has 0 spiro atoms. The molecule has 4 rings (SSSR count). The number of aryl methyl sites for hydroxylation is 1. The highest BCUT2D eigenvalue weighted by Crippen LogP contribution is 2.56. The minimum atomic E-state index is -0.493. The molecular weight excluding hydrogens is 312 g/mol. The van der Waals surface area contributed by atoms with Crippen LogP contribution in [0.25, 0.3) is 11.1 Å². The third kappa shape index (κ3) is 2.38. The predicted molar refractivity (Wildman–Crippen MR) is 101 cm³/mol. The van der Waals surface area contributed by atoms with E-state index in [-0.39, 0.29) is 0 Å². The molecule has 1 aliphatic heterocycles. The van der Waals surface area contributed by atoms with Crippen LogP contribution < -0.4 is 0 Å². The minimum Gasteiger partial charge on any atom is -0.356 e. The second kappa shape index (κ2) is 6.12. The lowest BCUT2D eigenvalue weighted by Gasteiger charge is -2.39. The number of hydrogen-bond donors (Lipinski definition) is 0. The molecule has 1 heterocycles. The molecule has 0 saturated heterocycles. The normalized spacial score (nSPS) is 18.8. The van der Waals surface area contributed by atoms with Gasteiger partial charge in [0.05, 0.1) is 0 Å². The molecule has 0 amide bonds. The van der Waals surface area contributed by atoms with E-state index in [2.05, 4.69) is 86.6 Å². The van der Waals surface area contributed by atoms with E-state index in [4.69, 9.17) is 4.74 Å². The van der Waals surface area contributed by atoms with Gasteiger partial charge in [-0.15, -0.1) is 0 Å². The molecule has 0 aliphatic carbocycles. The molecule has 0 radical (unpaired) electrons. The van der Waals surface area contributed by atoms with Crippen LogP contribution in [-0.4, -0.2) is 6.61 Å². The van der Waals surface area contributed by atoms with Gasteiger partial charge in [-0.1, -0.05) is 84.1 Å². The highest BCUT2D eigenvalue weighted by molar-refractivity contribution is 8.00. The summed E-state index contributed by atoms with van der Waals surface area (Å²) < 4.78 is 6.44. The second-order valence-corrected chi connectivity index (χ2v) is 7.28. The van der Waals surface area contributed by atoms with Crippen LogP contribution in [0.2, 0.25) is 0 Å². The molecule has 24 heavy (non-hydrogen) atoms. The standard InChI is InChI=1S/C22H20OS/c1-3-23-22(17-14-12-16(2)13-15-17)20-10-6-4-8-18(20)19-9-5-7-11-21(19)24-22/h4-15H,3H2,1-2H3. The number of ether oxygens (including phenoxy) is 1. The minimum absolute atomic E-state index is 0.493. The lowest BCUT2D eigenvalue weighted by atomic mass is 9.91. The van der Waals surface area contributed by atoms with Crippen molar-refractivity contribution in [3.63, 3.8) is 0 Å². The number of hydrogen-bond acceptors (Lipinski definition) is 2. The topological polar surface area (TPSA) is 9.23 Å². The molecule has 0 bridgehead atoms. The molecule has 0 N–H and O–H groups in total. The molecule has 1 nitrogen and oxygen atoms in total. The molecule has 3 aromatic rings. The van der Waals surface area contributed by atoms with Crippen LogP contribution in [0.1, 0.15) is 23.6 Å². The van der Waals surface area contributed by atoms with Crippen LogP contribution in [0.4, 0.5) is 0 Å². The Morgan fingerprint density at radius 1 is 0.833 bits per heavy atom. The van der Waals surface area contributed by atoms with Crippen LogP contribution in [-0.2, 0) is 9.67 Å². The van der Waals surface area contributed by atoms with Crippen molar-refractivity contribution in [2.75, 3.05) is 6.61 Å². The van der Waals surface area contributed by atoms with Crippen molar-refractivity contribution in [3.8, 4) is 11.1 Å². The Hall–Kier alpha value is -2.03. The van der Waals surface area contributed by atoms with Crippen LogP contribution in [0, 0.1) is 6.92 Å². The number of thioether (sulfide) groups is 1. The lowest BCUT2D eigenvalue weighted by Crippen LogP contribution is -2.30. The smallest absolute Gasteiger partial charge is 0.169 e. The maximum atomic E-state index is 6.44. The largest absolute Gasteiger partial charge is 0.356 e. The van der Waals surface area contributed by atoms with E-state index in [0.717, 1.165) is 0 Å². The number of fused-ring (bicyclic) bond motifs is 3. The van der Waals surface area contributed by atoms with Gasteiger partial charge in [0.15, 0.2) is 4.93 Å². The Morgan fingerprint density at radius 3 is 2.25 bits per heavy atom. The highest BCUT2D eigenvalue weighted by Gasteiger charge is 2.42. The average Bonchev–Trinajstić information content (AvgIpc) is 2.63. The summed E-state index contributed by atoms with van der Waals surface area (Å²) in [6.07, 6.45) is 0. The van der Waals surface area contributed by atoms with Crippen LogP contribution in [0.15, 0.2) is 77.7 Å². The summed E-state index contributed by atoms with van der Waals surface area (Å²) in [7, 11) is 0. The van der Waals surface area contributed by atoms with Gasteiger partial charge < -0.3 is 4.74 Å². The van der Waals surface area contributed by atoms with E-state index in [1.807, 2.05) is 11.8 Å². The van der Waals surface area contributed by atoms with Crippen LogP contribution >= 0.6 is 11.8 Å². The third-order valence-electron chi connectivity index (χ3n) is 4.49. The van der Waals surface area contributed by atoms with Gasteiger partial charge in [0, 0.05) is 17.1 Å². The van der Waals surface area contributed by atoms with Gasteiger partial charge >= 0.3 is 0 Å². The van der Waals surface area contributed by atoms with E-state index in [0.29, 0.717) is 6.61 Å². The molecule has 0 saturated carbocycles. The molecular formula is C22H20OS. The monoisotopic (exact) mass is 332 g/mol. The molecule has 1 aliphatic rings. The number of benzene rings is 3. The fourth-order valence-electron chi connectivity index (χ4n) is 3.37. The second-order valence-electron chi connectivity index (χ2n) is 6.06. The first-order valence-corrected chi connectivity index (χ1v) is 9.15. The molecule has 2 heteroatoms. The maximum absolute atomic E-state index is 6.44. The Balaban J connectivity index is 2.00. The third-order valence-corrected chi connectivity index (χ3v) is 5.93. The van der Waals surface area contributed by atoms with Crippen LogP contribution in [0.3, 0.4) is 0 Å². The fourth-order valence-corrected chi connectivity index (χ4v) is 4.84. The van der Waals surface area contributed by atoms with Gasteiger partial charge in [-0.25, -0.2) is 0 Å². The van der Waals surface area contributed by atoms with Gasteiger partial charge in [0.1, 0.15) is 0 Å². The average molecular weight is 332 g/mol. The van der Waals surface area contributed by atoms with E-state index < -0.39 is 4.93 Å². The first-order chi connectivity index (χ1) is 11.7. The molecule has 0 aromatic heterocycles. The summed E-state index contributed by atoms with van der Waals surface area (Å²) in [6.45, 7) is 4.85. The van der Waals surface area contributed by atoms with Crippen molar-refractivity contribution >= 4 is 11.8 Å². The molecule has 3 aromatic carbocycles. The predicted octanol–water partition coefficient (Wildman–Crippen LogP) is 6.01. The Bertz CT molecular complexity index is 869. The summed E-state index contributed by atoms with van der Waals surface area (Å²) in [6, 6.07) is 26.0. The summed E-state index contributed by atoms with van der Waals surface area (Å²) in [5, 5.41) is 0. The zero-order valence-electron chi connectivity index (χ0n) is 14.0. The van der Waals surface area contributed by atoms with Gasteiger partial charge in [-0.05, 0) is 36.6 Å². The van der Waals surface area contributed by atoms with E-state index in [1.165, 1.54) is 32.7 Å². The zero-order valence-corrected chi connectivity index (χ0v) is 14.8.